The van der Waals surface area contributed by atoms with E-state index in [9.17, 15) is 32.6 Å². The minimum Gasteiger partial charge on any atom is -0.505 e. The Labute approximate surface area is 177 Å². The number of carboxylic acids is 1. The highest BCUT2D eigenvalue weighted by Gasteiger charge is 2.22. The molecule has 0 bridgehead atoms. The van der Waals surface area contributed by atoms with Crippen LogP contribution in [0.1, 0.15) is 27.0 Å². The van der Waals surface area contributed by atoms with E-state index in [0.29, 0.717) is 16.7 Å². The number of aromatic hydroxyl groups is 1. The van der Waals surface area contributed by atoms with Crippen molar-refractivity contribution in [1.29, 1.82) is 0 Å². The third kappa shape index (κ3) is 4.42. The third-order valence-electron chi connectivity index (χ3n) is 5.00. The van der Waals surface area contributed by atoms with Gasteiger partial charge >= 0.3 is 5.97 Å². The van der Waals surface area contributed by atoms with Crippen LogP contribution in [-0.4, -0.2) is 51.8 Å². The highest BCUT2D eigenvalue weighted by Crippen LogP contribution is 2.26. The predicted octanol–water partition coefficient (Wildman–Crippen LogP) is 1.46. The third-order valence-corrected chi connectivity index (χ3v) is 6.26. The highest BCUT2D eigenvalue weighted by atomic mass is 32.2. The Kier molecular flexibility index (Phi) is 5.83. The molecule has 0 aliphatic rings. The number of halogens is 1. The summed E-state index contributed by atoms with van der Waals surface area (Å²) in [5.41, 5.74) is 0.245. The van der Waals surface area contributed by atoms with E-state index >= 15 is 0 Å². The molecule has 31 heavy (non-hydrogen) atoms. The normalized spacial score (nSPS) is 11.9. The van der Waals surface area contributed by atoms with Gasteiger partial charge in [-0.25, -0.2) is 21.9 Å². The van der Waals surface area contributed by atoms with Crippen molar-refractivity contribution in [3.05, 3.63) is 68.9 Å². The van der Waals surface area contributed by atoms with Gasteiger partial charge in [-0.05, 0) is 41.3 Å². The minimum absolute atomic E-state index is 0.0335. The molecule has 0 radical (unpaired) electrons. The minimum atomic E-state index is -3.47. The number of aryl methyl sites for hydroxylation is 1. The molecule has 9 nitrogen and oxygen atoms in total. The number of carbonyl (C=O) groups is 1. The van der Waals surface area contributed by atoms with Gasteiger partial charge in [0.25, 0.3) is 5.56 Å². The van der Waals surface area contributed by atoms with Gasteiger partial charge in [0.1, 0.15) is 11.3 Å². The van der Waals surface area contributed by atoms with E-state index in [1.807, 2.05) is 0 Å². The number of fused-ring (bicyclic) bond motifs is 1. The second-order valence-corrected chi connectivity index (χ2v) is 9.30. The monoisotopic (exact) mass is 449 g/mol. The zero-order chi connectivity index (χ0) is 23.1. The summed E-state index contributed by atoms with van der Waals surface area (Å²) in [6.45, 7) is -0.0335. The van der Waals surface area contributed by atoms with E-state index in [2.05, 4.69) is 4.98 Å². The van der Waals surface area contributed by atoms with Gasteiger partial charge in [0.2, 0.25) is 10.0 Å². The van der Waals surface area contributed by atoms with E-state index in [4.69, 9.17) is 0 Å². The summed E-state index contributed by atoms with van der Waals surface area (Å²) in [5, 5.41) is 19.4. The molecule has 2 N–H and O–H groups in total. The Morgan fingerprint density at radius 2 is 1.94 bits per heavy atom. The SMILES string of the molecule is CN(Cc1cc(F)ccc1Cc1cnc2c(O)c(C(=O)O)c(=O)n(C)c2c1)S(C)(=O)=O. The molecule has 0 atom stereocenters. The van der Waals surface area contributed by atoms with Crippen LogP contribution in [-0.2, 0) is 30.0 Å². The molecule has 2 aromatic heterocycles. The fourth-order valence-corrected chi connectivity index (χ4v) is 3.58. The molecule has 3 aromatic rings. The summed E-state index contributed by atoms with van der Waals surface area (Å²) in [4.78, 5) is 27.7. The van der Waals surface area contributed by atoms with E-state index in [1.165, 1.54) is 38.5 Å². The maximum atomic E-state index is 13.8. The zero-order valence-corrected chi connectivity index (χ0v) is 17.8. The van der Waals surface area contributed by atoms with Gasteiger partial charge in [0, 0.05) is 26.8 Å². The van der Waals surface area contributed by atoms with E-state index < -0.39 is 38.7 Å². The summed E-state index contributed by atoms with van der Waals surface area (Å²) in [6, 6.07) is 5.62. The molecule has 164 valence electrons. The van der Waals surface area contributed by atoms with Gasteiger partial charge in [-0.15, -0.1) is 0 Å². The first kappa shape index (κ1) is 22.4. The lowest BCUT2D eigenvalue weighted by Gasteiger charge is -2.17. The number of benzene rings is 1. The number of rotatable bonds is 6. The fourth-order valence-electron chi connectivity index (χ4n) is 3.21. The quantitative estimate of drug-likeness (QED) is 0.583. The van der Waals surface area contributed by atoms with Crippen LogP contribution in [0.4, 0.5) is 4.39 Å². The van der Waals surface area contributed by atoms with Crippen LogP contribution < -0.4 is 5.56 Å². The summed E-state index contributed by atoms with van der Waals surface area (Å²) in [7, 11) is -0.717. The molecule has 0 saturated carbocycles. The topological polar surface area (TPSA) is 130 Å². The Morgan fingerprint density at radius 3 is 2.55 bits per heavy atom. The number of hydrogen-bond acceptors (Lipinski definition) is 6. The van der Waals surface area contributed by atoms with Crippen molar-refractivity contribution in [3.63, 3.8) is 0 Å². The molecular weight excluding hydrogens is 429 g/mol. The Balaban J connectivity index is 2.07. The molecule has 0 aliphatic heterocycles. The summed E-state index contributed by atoms with van der Waals surface area (Å²) in [5.74, 6) is -2.78. The van der Waals surface area contributed by atoms with Gasteiger partial charge in [-0.1, -0.05) is 6.07 Å². The lowest BCUT2D eigenvalue weighted by Crippen LogP contribution is -2.25. The van der Waals surface area contributed by atoms with Crippen molar-refractivity contribution >= 4 is 27.0 Å². The van der Waals surface area contributed by atoms with Crippen molar-refractivity contribution in [2.24, 2.45) is 7.05 Å². The van der Waals surface area contributed by atoms with Crippen molar-refractivity contribution in [2.45, 2.75) is 13.0 Å². The average molecular weight is 449 g/mol. The van der Waals surface area contributed by atoms with Crippen LogP contribution in [0.5, 0.6) is 5.75 Å². The van der Waals surface area contributed by atoms with Gasteiger partial charge in [0.05, 0.1) is 11.8 Å². The van der Waals surface area contributed by atoms with E-state index in [1.54, 1.807) is 6.07 Å². The van der Waals surface area contributed by atoms with Crippen LogP contribution in [0.3, 0.4) is 0 Å². The van der Waals surface area contributed by atoms with Crippen LogP contribution in [0.25, 0.3) is 11.0 Å². The molecule has 3 rings (SSSR count). The van der Waals surface area contributed by atoms with Crippen LogP contribution >= 0.6 is 0 Å². The second kappa shape index (κ2) is 8.08. The molecule has 0 saturated heterocycles. The maximum absolute atomic E-state index is 13.8. The van der Waals surface area contributed by atoms with Gasteiger partial charge in [-0.2, -0.15) is 0 Å². The number of aromatic carboxylic acids is 1. The number of carboxylic acid groups (broad SMARTS) is 1. The lowest BCUT2D eigenvalue weighted by molar-refractivity contribution is 0.0691. The average Bonchev–Trinajstić information content (AvgIpc) is 2.67. The van der Waals surface area contributed by atoms with Crippen molar-refractivity contribution in [3.8, 4) is 5.75 Å². The Hall–Kier alpha value is -3.31. The number of hydrogen-bond donors (Lipinski definition) is 2. The number of aromatic nitrogens is 2. The van der Waals surface area contributed by atoms with Gasteiger partial charge in [-0.3, -0.25) is 9.78 Å². The first-order valence-electron chi connectivity index (χ1n) is 9.02. The van der Waals surface area contributed by atoms with Crippen molar-refractivity contribution < 1.29 is 27.8 Å². The molecule has 0 unspecified atom stereocenters. The van der Waals surface area contributed by atoms with Crippen LogP contribution in [0.2, 0.25) is 0 Å². The summed E-state index contributed by atoms with van der Waals surface area (Å²) < 4.78 is 39.4. The predicted molar refractivity (Wildman–Crippen MR) is 111 cm³/mol. The molecule has 0 spiro atoms. The Morgan fingerprint density at radius 1 is 1.26 bits per heavy atom. The van der Waals surface area contributed by atoms with Crippen LogP contribution in [0, 0.1) is 5.82 Å². The molecule has 0 aliphatic carbocycles. The second-order valence-electron chi connectivity index (χ2n) is 7.21. The standard InChI is InChI=1S/C20H20FN3O6S/c1-23(31(3,29)30)10-13-8-14(21)5-4-12(13)6-11-7-15-17(22-9-11)18(25)16(20(27)28)19(26)24(15)2/h4-5,7-9,25H,6,10H2,1-3H3,(H,27,28). The highest BCUT2D eigenvalue weighted by molar-refractivity contribution is 7.88. The first-order valence-corrected chi connectivity index (χ1v) is 10.9. The summed E-state index contributed by atoms with van der Waals surface area (Å²) in [6.07, 6.45) is 2.70. The molecule has 1 aromatic carbocycles. The molecular formula is C20H20FN3O6S. The zero-order valence-electron chi connectivity index (χ0n) is 17.0. The number of pyridine rings is 2. The fraction of sp³-hybridized carbons (Fsp3) is 0.250. The molecule has 2 heterocycles. The molecule has 11 heteroatoms. The number of nitrogens with zero attached hydrogens (tertiary/aromatic N) is 3. The van der Waals surface area contributed by atoms with Crippen molar-refractivity contribution in [2.75, 3.05) is 13.3 Å². The Bertz CT molecular complexity index is 1370. The van der Waals surface area contributed by atoms with E-state index in [0.717, 1.165) is 15.1 Å². The van der Waals surface area contributed by atoms with Crippen molar-refractivity contribution in [1.82, 2.24) is 13.9 Å². The number of sulfonamides is 1. The largest absolute Gasteiger partial charge is 0.505 e. The first-order chi connectivity index (χ1) is 14.4. The summed E-state index contributed by atoms with van der Waals surface area (Å²) >= 11 is 0. The van der Waals surface area contributed by atoms with E-state index in [-0.39, 0.29) is 24.0 Å². The smallest absolute Gasteiger partial charge is 0.345 e. The van der Waals surface area contributed by atoms with Gasteiger partial charge < -0.3 is 14.8 Å². The van der Waals surface area contributed by atoms with Gasteiger partial charge in [0.15, 0.2) is 11.3 Å². The van der Waals surface area contributed by atoms with Crippen LogP contribution in [0.15, 0.2) is 35.3 Å². The molecule has 0 amide bonds. The maximum Gasteiger partial charge on any atom is 0.345 e. The lowest BCUT2D eigenvalue weighted by atomic mass is 10.00. The molecule has 0 fully saturated rings.